The zero-order chi connectivity index (χ0) is 16.4. The number of para-hydroxylation sites is 1. The Kier molecular flexibility index (Phi) is 3.84. The number of hydrogen-bond donors (Lipinski definition) is 1. The van der Waals surface area contributed by atoms with Crippen LogP contribution in [0.2, 0.25) is 0 Å². The van der Waals surface area contributed by atoms with E-state index in [1.54, 1.807) is 17.4 Å². The van der Waals surface area contributed by atoms with E-state index < -0.39 is 0 Å². The van der Waals surface area contributed by atoms with Crippen LogP contribution < -0.4 is 5.32 Å². The molecule has 2 heterocycles. The standard InChI is InChI=1S/C19H14N2O2S/c22-19(14-9-10-23-12-14)20-15-7-5-13(6-8-15)11-18-21-16-3-1-2-4-17(16)24-18/h1-10,12H,11H2,(H,20,22). The lowest BCUT2D eigenvalue weighted by atomic mass is 10.1. The van der Waals surface area contributed by atoms with Gasteiger partial charge in [0.05, 0.1) is 27.1 Å². The number of hydrogen-bond acceptors (Lipinski definition) is 4. The molecule has 4 aromatic rings. The Morgan fingerprint density at radius 1 is 1.08 bits per heavy atom. The third-order valence-electron chi connectivity index (χ3n) is 3.69. The fourth-order valence-corrected chi connectivity index (χ4v) is 3.47. The molecule has 1 amide bonds. The Hall–Kier alpha value is -2.92. The largest absolute Gasteiger partial charge is 0.472 e. The van der Waals surface area contributed by atoms with Crippen LogP contribution in [-0.2, 0) is 6.42 Å². The van der Waals surface area contributed by atoms with Crippen molar-refractivity contribution in [1.82, 2.24) is 4.98 Å². The molecule has 0 spiro atoms. The molecule has 0 bridgehead atoms. The molecule has 0 fully saturated rings. The molecule has 0 aliphatic carbocycles. The van der Waals surface area contributed by atoms with Crippen LogP contribution in [0.5, 0.6) is 0 Å². The second kappa shape index (κ2) is 6.29. The number of amides is 1. The van der Waals surface area contributed by atoms with Gasteiger partial charge in [-0.2, -0.15) is 0 Å². The van der Waals surface area contributed by atoms with Crippen LogP contribution in [0.3, 0.4) is 0 Å². The van der Waals surface area contributed by atoms with Crippen LogP contribution >= 0.6 is 11.3 Å². The average molecular weight is 334 g/mol. The molecular formula is C19H14N2O2S. The lowest BCUT2D eigenvalue weighted by Gasteiger charge is -2.04. The van der Waals surface area contributed by atoms with Gasteiger partial charge in [0, 0.05) is 12.1 Å². The molecule has 0 radical (unpaired) electrons. The number of nitrogens with one attached hydrogen (secondary N) is 1. The number of benzene rings is 2. The van der Waals surface area contributed by atoms with E-state index in [1.165, 1.54) is 17.2 Å². The fourth-order valence-electron chi connectivity index (χ4n) is 2.47. The summed E-state index contributed by atoms with van der Waals surface area (Å²) in [6, 6.07) is 17.6. The van der Waals surface area contributed by atoms with E-state index in [0.29, 0.717) is 5.56 Å². The van der Waals surface area contributed by atoms with E-state index >= 15 is 0 Å². The van der Waals surface area contributed by atoms with E-state index in [2.05, 4.69) is 16.4 Å². The number of fused-ring (bicyclic) bond motifs is 1. The van der Waals surface area contributed by atoms with Crippen molar-refractivity contribution in [2.75, 3.05) is 5.32 Å². The summed E-state index contributed by atoms with van der Waals surface area (Å²) in [5.74, 6) is -0.178. The fraction of sp³-hybridized carbons (Fsp3) is 0.0526. The van der Waals surface area contributed by atoms with Gasteiger partial charge in [0.2, 0.25) is 0 Å². The summed E-state index contributed by atoms with van der Waals surface area (Å²) in [6.07, 6.45) is 3.70. The van der Waals surface area contributed by atoms with E-state index in [0.717, 1.165) is 28.2 Å². The summed E-state index contributed by atoms with van der Waals surface area (Å²) < 4.78 is 6.12. The zero-order valence-corrected chi connectivity index (χ0v) is 13.5. The van der Waals surface area contributed by atoms with Crippen molar-refractivity contribution in [2.45, 2.75) is 6.42 Å². The minimum Gasteiger partial charge on any atom is -0.472 e. The van der Waals surface area contributed by atoms with Gasteiger partial charge < -0.3 is 9.73 Å². The van der Waals surface area contributed by atoms with Crippen molar-refractivity contribution < 1.29 is 9.21 Å². The predicted molar refractivity (Wildman–Crippen MR) is 95.5 cm³/mol. The maximum Gasteiger partial charge on any atom is 0.258 e. The lowest BCUT2D eigenvalue weighted by Crippen LogP contribution is -2.10. The highest BCUT2D eigenvalue weighted by molar-refractivity contribution is 7.18. The molecule has 0 unspecified atom stereocenters. The van der Waals surface area contributed by atoms with Gasteiger partial charge >= 0.3 is 0 Å². The molecule has 4 rings (SSSR count). The molecular weight excluding hydrogens is 320 g/mol. The summed E-state index contributed by atoms with van der Waals surface area (Å²) in [5, 5.41) is 3.93. The van der Waals surface area contributed by atoms with E-state index in [9.17, 15) is 4.79 Å². The number of furan rings is 1. The molecule has 0 atom stereocenters. The molecule has 24 heavy (non-hydrogen) atoms. The van der Waals surface area contributed by atoms with Gasteiger partial charge in [-0.1, -0.05) is 24.3 Å². The van der Waals surface area contributed by atoms with Crippen molar-refractivity contribution in [2.24, 2.45) is 0 Å². The molecule has 0 aliphatic rings. The molecule has 0 saturated heterocycles. The van der Waals surface area contributed by atoms with Crippen molar-refractivity contribution in [1.29, 1.82) is 0 Å². The number of aromatic nitrogens is 1. The maximum atomic E-state index is 12.0. The predicted octanol–water partition coefficient (Wildman–Crippen LogP) is 4.73. The van der Waals surface area contributed by atoms with E-state index in [4.69, 9.17) is 4.42 Å². The van der Waals surface area contributed by atoms with Crippen LogP contribution in [0.1, 0.15) is 20.9 Å². The number of thiazole rings is 1. The van der Waals surface area contributed by atoms with Crippen LogP contribution in [0.15, 0.2) is 71.5 Å². The number of nitrogens with zero attached hydrogens (tertiary/aromatic N) is 1. The minimum atomic E-state index is -0.178. The molecule has 4 nitrogen and oxygen atoms in total. The first-order valence-electron chi connectivity index (χ1n) is 7.55. The molecule has 118 valence electrons. The quantitative estimate of drug-likeness (QED) is 0.587. The molecule has 5 heteroatoms. The Morgan fingerprint density at radius 3 is 2.67 bits per heavy atom. The highest BCUT2D eigenvalue weighted by atomic mass is 32.1. The third-order valence-corrected chi connectivity index (χ3v) is 4.73. The van der Waals surface area contributed by atoms with Gasteiger partial charge in [0.25, 0.3) is 5.91 Å². The third kappa shape index (κ3) is 3.07. The normalized spacial score (nSPS) is 10.8. The Balaban J connectivity index is 1.46. The van der Waals surface area contributed by atoms with Crippen molar-refractivity contribution in [3.63, 3.8) is 0 Å². The van der Waals surface area contributed by atoms with Crippen molar-refractivity contribution >= 4 is 33.1 Å². The van der Waals surface area contributed by atoms with Crippen molar-refractivity contribution in [3.8, 4) is 0 Å². The summed E-state index contributed by atoms with van der Waals surface area (Å²) in [4.78, 5) is 16.6. The number of anilines is 1. The molecule has 2 aromatic heterocycles. The minimum absolute atomic E-state index is 0.178. The SMILES string of the molecule is O=C(Nc1ccc(Cc2nc3ccccc3s2)cc1)c1ccoc1. The van der Waals surface area contributed by atoms with E-state index in [1.807, 2.05) is 42.5 Å². The lowest BCUT2D eigenvalue weighted by molar-refractivity contribution is 0.102. The van der Waals surface area contributed by atoms with Crippen LogP contribution in [0, 0.1) is 0 Å². The first kappa shape index (κ1) is 14.7. The summed E-state index contributed by atoms with van der Waals surface area (Å²) >= 11 is 1.71. The van der Waals surface area contributed by atoms with Gasteiger partial charge in [-0.25, -0.2) is 4.98 Å². The number of rotatable bonds is 4. The maximum absolute atomic E-state index is 12.0. The highest BCUT2D eigenvalue weighted by Crippen LogP contribution is 2.24. The monoisotopic (exact) mass is 334 g/mol. The zero-order valence-electron chi connectivity index (χ0n) is 12.7. The van der Waals surface area contributed by atoms with Crippen molar-refractivity contribution in [3.05, 3.63) is 83.3 Å². The van der Waals surface area contributed by atoms with Gasteiger partial charge in [-0.15, -0.1) is 11.3 Å². The van der Waals surface area contributed by atoms with Crippen LogP contribution in [-0.4, -0.2) is 10.9 Å². The summed E-state index contributed by atoms with van der Waals surface area (Å²) in [7, 11) is 0. The van der Waals surface area contributed by atoms with E-state index in [-0.39, 0.29) is 5.91 Å². The smallest absolute Gasteiger partial charge is 0.258 e. The van der Waals surface area contributed by atoms with Crippen LogP contribution in [0.25, 0.3) is 10.2 Å². The molecule has 2 aromatic carbocycles. The second-order valence-electron chi connectivity index (χ2n) is 5.42. The Morgan fingerprint density at radius 2 is 1.92 bits per heavy atom. The van der Waals surface area contributed by atoms with Crippen LogP contribution in [0.4, 0.5) is 5.69 Å². The summed E-state index contributed by atoms with van der Waals surface area (Å²) in [5.41, 5.74) is 3.47. The van der Waals surface area contributed by atoms with Gasteiger partial charge in [0.1, 0.15) is 6.26 Å². The van der Waals surface area contributed by atoms with Gasteiger partial charge in [-0.3, -0.25) is 4.79 Å². The average Bonchev–Trinajstić information content (AvgIpc) is 3.25. The number of carbonyl (C=O) groups excluding carboxylic acids is 1. The van der Waals surface area contributed by atoms with Gasteiger partial charge in [0.15, 0.2) is 0 Å². The Bertz CT molecular complexity index is 939. The molecule has 1 N–H and O–H groups in total. The second-order valence-corrected chi connectivity index (χ2v) is 6.53. The number of carbonyl (C=O) groups is 1. The topological polar surface area (TPSA) is 55.1 Å². The molecule has 0 saturated carbocycles. The molecule has 0 aliphatic heterocycles. The highest BCUT2D eigenvalue weighted by Gasteiger charge is 2.08. The Labute approximate surface area is 142 Å². The van der Waals surface area contributed by atoms with Gasteiger partial charge in [-0.05, 0) is 35.9 Å². The first-order valence-corrected chi connectivity index (χ1v) is 8.36. The summed E-state index contributed by atoms with van der Waals surface area (Å²) in [6.45, 7) is 0. The first-order chi connectivity index (χ1) is 11.8.